The van der Waals surface area contributed by atoms with Crippen LogP contribution in [0.15, 0.2) is 0 Å². The Hall–Kier alpha value is 0.491. The van der Waals surface area contributed by atoms with Crippen LogP contribution in [-0.2, 0) is 13.0 Å². The zero-order valence-electron chi connectivity index (χ0n) is 13.7. The molecule has 22 heavy (non-hydrogen) atoms. The number of rotatable bonds is 10. The molecule has 0 fully saturated rings. The minimum atomic E-state index is -2.01. The zero-order valence-corrected chi connectivity index (χ0v) is 16.7. The van der Waals surface area contributed by atoms with E-state index >= 15 is 0 Å². The molecule has 0 atom stereocenters. The van der Waals surface area contributed by atoms with Gasteiger partial charge in [0.2, 0.25) is 0 Å². The molecule has 7 heteroatoms. The largest absolute Gasteiger partial charge is 0.437 e. The van der Waals surface area contributed by atoms with Crippen LogP contribution in [0.4, 0.5) is 0 Å². The first-order valence-electron chi connectivity index (χ1n) is 7.06. The van der Waals surface area contributed by atoms with Crippen molar-refractivity contribution in [1.82, 2.24) is 0 Å². The molecular weight excluding hydrogens is 328 g/mol. The highest BCUT2D eigenvalue weighted by molar-refractivity contribution is 6.87. The maximum Gasteiger partial charge on any atom is 0.311 e. The summed E-state index contributed by atoms with van der Waals surface area (Å²) in [5.41, 5.74) is 0. The number of hydrogen-bond acceptors (Lipinski definition) is 4. The van der Waals surface area contributed by atoms with Crippen LogP contribution >= 0.6 is 0 Å². The molecule has 0 saturated carbocycles. The molecule has 0 radical (unpaired) electrons. The minimum Gasteiger partial charge on any atom is -0.437 e. The SMILES string of the molecule is C.C.C.C[Si](C)(C)O[Si](C)(C)O[Si](C)(C)CCCOCCO. The van der Waals surface area contributed by atoms with Gasteiger partial charge in [0, 0.05) is 6.61 Å². The van der Waals surface area contributed by atoms with Gasteiger partial charge in [-0.15, -0.1) is 0 Å². The summed E-state index contributed by atoms with van der Waals surface area (Å²) in [5.74, 6) is 0. The highest BCUT2D eigenvalue weighted by Crippen LogP contribution is 2.23. The summed E-state index contributed by atoms with van der Waals surface area (Å²) in [5, 5.41) is 8.64. The van der Waals surface area contributed by atoms with Crippen LogP contribution in [0.25, 0.3) is 0 Å². The Labute approximate surface area is 144 Å². The van der Waals surface area contributed by atoms with Crippen molar-refractivity contribution in [2.24, 2.45) is 0 Å². The van der Waals surface area contributed by atoms with E-state index in [1.807, 2.05) is 0 Å². The van der Waals surface area contributed by atoms with Gasteiger partial charge in [-0.1, -0.05) is 22.3 Å². The van der Waals surface area contributed by atoms with Gasteiger partial charge < -0.3 is 18.1 Å². The van der Waals surface area contributed by atoms with E-state index in [1.165, 1.54) is 0 Å². The van der Waals surface area contributed by atoms with E-state index in [0.717, 1.165) is 12.5 Å². The molecular formula is C15H44O4Si3. The van der Waals surface area contributed by atoms with E-state index in [9.17, 15) is 0 Å². The molecule has 1 N–H and O–H groups in total. The van der Waals surface area contributed by atoms with Gasteiger partial charge in [-0.05, 0) is 58.3 Å². The monoisotopic (exact) mass is 372 g/mol. The van der Waals surface area contributed by atoms with E-state index < -0.39 is 25.2 Å². The third-order valence-electron chi connectivity index (χ3n) is 2.38. The van der Waals surface area contributed by atoms with Crippen molar-refractivity contribution in [3.63, 3.8) is 0 Å². The van der Waals surface area contributed by atoms with Crippen LogP contribution in [-0.4, -0.2) is 50.1 Å². The molecule has 0 rings (SSSR count). The molecule has 0 saturated heterocycles. The lowest BCUT2D eigenvalue weighted by Crippen LogP contribution is -2.51. The zero-order chi connectivity index (χ0) is 15.2. The second kappa shape index (κ2) is 12.9. The average Bonchev–Trinajstić information content (AvgIpc) is 2.10. The molecule has 0 heterocycles. The maximum atomic E-state index is 8.64. The summed E-state index contributed by atoms with van der Waals surface area (Å²) in [4.78, 5) is 0. The summed E-state index contributed by atoms with van der Waals surface area (Å²) in [6.45, 7) is 16.7. The Kier molecular flexibility index (Phi) is 17.8. The average molecular weight is 373 g/mol. The summed E-state index contributed by atoms with van der Waals surface area (Å²) >= 11 is 0. The lowest BCUT2D eigenvalue weighted by molar-refractivity contribution is 0.0923. The van der Waals surface area contributed by atoms with Crippen molar-refractivity contribution in [3.05, 3.63) is 0 Å². The predicted octanol–water partition coefficient (Wildman–Crippen LogP) is 5.07. The summed E-state index contributed by atoms with van der Waals surface area (Å²) < 4.78 is 17.9. The molecule has 0 aliphatic rings. The van der Waals surface area contributed by atoms with Crippen molar-refractivity contribution < 1.29 is 18.1 Å². The Bertz CT molecular complexity index is 254. The lowest BCUT2D eigenvalue weighted by Gasteiger charge is -2.37. The number of ether oxygens (including phenoxy) is 1. The van der Waals surface area contributed by atoms with Crippen molar-refractivity contribution in [3.8, 4) is 0 Å². The lowest BCUT2D eigenvalue weighted by atomic mass is 10.5. The fourth-order valence-electron chi connectivity index (χ4n) is 2.24. The second-order valence-corrected chi connectivity index (χ2v) is 19.6. The predicted molar refractivity (Wildman–Crippen MR) is 108 cm³/mol. The number of hydrogen-bond donors (Lipinski definition) is 1. The minimum absolute atomic E-state index is 0. The molecule has 0 aliphatic carbocycles. The molecule has 0 aliphatic heterocycles. The van der Waals surface area contributed by atoms with E-state index in [4.69, 9.17) is 18.1 Å². The second-order valence-electron chi connectivity index (χ2n) is 6.92. The van der Waals surface area contributed by atoms with Crippen LogP contribution in [0.2, 0.25) is 51.9 Å². The van der Waals surface area contributed by atoms with Gasteiger partial charge >= 0.3 is 8.56 Å². The topological polar surface area (TPSA) is 47.9 Å². The summed E-state index contributed by atoms with van der Waals surface area (Å²) in [6.07, 6.45) is 0.997. The van der Waals surface area contributed by atoms with E-state index in [1.54, 1.807) is 0 Å². The van der Waals surface area contributed by atoms with Crippen LogP contribution in [0.1, 0.15) is 28.7 Å². The van der Waals surface area contributed by atoms with Crippen LogP contribution in [0.3, 0.4) is 0 Å². The van der Waals surface area contributed by atoms with Crippen molar-refractivity contribution in [2.75, 3.05) is 19.8 Å². The molecule has 0 spiro atoms. The van der Waals surface area contributed by atoms with Gasteiger partial charge in [-0.25, -0.2) is 0 Å². The van der Waals surface area contributed by atoms with Gasteiger partial charge in [0.05, 0.1) is 13.2 Å². The quantitative estimate of drug-likeness (QED) is 0.429. The van der Waals surface area contributed by atoms with Crippen LogP contribution in [0, 0.1) is 0 Å². The van der Waals surface area contributed by atoms with Crippen molar-refractivity contribution in [2.45, 2.75) is 80.6 Å². The normalized spacial score (nSPS) is 12.0. The third kappa shape index (κ3) is 18.5. The fourth-order valence-corrected chi connectivity index (χ4v) is 15.4. The molecule has 140 valence electrons. The Morgan fingerprint density at radius 1 is 0.773 bits per heavy atom. The molecule has 0 amide bonds. The highest BCUT2D eigenvalue weighted by Gasteiger charge is 2.37. The smallest absolute Gasteiger partial charge is 0.311 e. The molecule has 4 nitrogen and oxygen atoms in total. The van der Waals surface area contributed by atoms with Gasteiger partial charge in [0.25, 0.3) is 0 Å². The van der Waals surface area contributed by atoms with Crippen LogP contribution < -0.4 is 0 Å². The standard InChI is InChI=1S/C12H32O4Si3.3CH4/c1-17(2,3)15-19(6,7)16-18(4,5)12-8-10-14-11-9-13;;;/h13H,8-12H2,1-7H3;3*1H4. The van der Waals surface area contributed by atoms with E-state index in [-0.39, 0.29) is 28.9 Å². The summed E-state index contributed by atoms with van der Waals surface area (Å²) in [7, 11) is -5.22. The number of aliphatic hydroxyl groups excluding tert-OH is 1. The molecule has 0 aromatic heterocycles. The first kappa shape index (κ1) is 30.4. The highest BCUT2D eigenvalue weighted by atomic mass is 28.5. The number of aliphatic hydroxyl groups is 1. The molecule has 0 unspecified atom stereocenters. The Balaban J connectivity index is -0.000000540. The third-order valence-corrected chi connectivity index (χ3v) is 12.5. The van der Waals surface area contributed by atoms with Gasteiger partial charge in [-0.3, -0.25) is 0 Å². The first-order valence-corrected chi connectivity index (χ1v) is 16.4. The van der Waals surface area contributed by atoms with Gasteiger partial charge in [0.1, 0.15) is 0 Å². The van der Waals surface area contributed by atoms with Gasteiger partial charge in [-0.2, -0.15) is 0 Å². The van der Waals surface area contributed by atoms with E-state index in [2.05, 4.69) is 45.8 Å². The van der Waals surface area contributed by atoms with Crippen molar-refractivity contribution in [1.29, 1.82) is 0 Å². The van der Waals surface area contributed by atoms with Crippen molar-refractivity contribution >= 4 is 25.2 Å². The van der Waals surface area contributed by atoms with Gasteiger partial charge in [0.15, 0.2) is 16.6 Å². The molecule has 0 bridgehead atoms. The van der Waals surface area contributed by atoms with Crippen LogP contribution in [0.5, 0.6) is 0 Å². The summed E-state index contributed by atoms with van der Waals surface area (Å²) in [6, 6.07) is 1.07. The first-order chi connectivity index (χ1) is 8.47. The maximum absolute atomic E-state index is 8.64. The molecule has 0 aromatic carbocycles. The fraction of sp³-hybridized carbons (Fsp3) is 1.00. The van der Waals surface area contributed by atoms with E-state index in [0.29, 0.717) is 13.2 Å². The Morgan fingerprint density at radius 3 is 1.68 bits per heavy atom. The molecule has 0 aromatic rings. The Morgan fingerprint density at radius 2 is 1.27 bits per heavy atom.